The van der Waals surface area contributed by atoms with Crippen LogP contribution in [0.15, 0.2) is 29.2 Å². The monoisotopic (exact) mass is 388 g/mol. The fourth-order valence-electron chi connectivity index (χ4n) is 3.24. The van der Waals surface area contributed by atoms with Gasteiger partial charge in [-0.2, -0.15) is 18.4 Å². The van der Waals surface area contributed by atoms with E-state index in [0.29, 0.717) is 12.8 Å². The molecule has 1 fully saturated rings. The Labute approximate surface area is 150 Å². The quantitative estimate of drug-likeness (QED) is 0.786. The maximum Gasteiger partial charge on any atom is 0.416 e. The molecule has 0 saturated heterocycles. The first kappa shape index (κ1) is 20.2. The Morgan fingerprint density at radius 1 is 1.19 bits per heavy atom. The third kappa shape index (κ3) is 4.97. The molecule has 0 heterocycles. The van der Waals surface area contributed by atoms with Crippen LogP contribution in [0.5, 0.6) is 0 Å². The van der Waals surface area contributed by atoms with E-state index in [1.54, 1.807) is 6.07 Å². The van der Waals surface area contributed by atoms with Crippen LogP contribution in [-0.4, -0.2) is 26.6 Å². The summed E-state index contributed by atoms with van der Waals surface area (Å²) in [7, 11) is -3.82. The molecule has 0 radical (unpaired) electrons. The largest absolute Gasteiger partial charge is 0.416 e. The van der Waals surface area contributed by atoms with Crippen molar-refractivity contribution >= 4 is 15.7 Å². The molecular weight excluding hydrogens is 369 g/mol. The van der Waals surface area contributed by atoms with Crippen molar-refractivity contribution < 1.29 is 26.4 Å². The van der Waals surface area contributed by atoms with Gasteiger partial charge in [0.05, 0.1) is 22.3 Å². The Hall–Kier alpha value is -2.08. The maximum absolute atomic E-state index is 12.6. The first-order valence-electron chi connectivity index (χ1n) is 8.20. The lowest BCUT2D eigenvalue weighted by atomic mass is 9.80. The second kappa shape index (κ2) is 8.08. The number of nitrogens with one attached hydrogen (secondary N) is 1. The molecule has 1 aliphatic carbocycles. The van der Waals surface area contributed by atoms with Crippen LogP contribution in [0.1, 0.15) is 31.2 Å². The summed E-state index contributed by atoms with van der Waals surface area (Å²) in [5.41, 5.74) is -0.914. The molecule has 142 valence electrons. The summed E-state index contributed by atoms with van der Waals surface area (Å²) < 4.78 is 63.0. The Balaban J connectivity index is 2.15. The van der Waals surface area contributed by atoms with Gasteiger partial charge < -0.3 is 5.32 Å². The minimum Gasteiger partial charge on any atom is -0.343 e. The highest BCUT2D eigenvalue weighted by Crippen LogP contribution is 2.34. The van der Waals surface area contributed by atoms with Gasteiger partial charge in [0.15, 0.2) is 9.84 Å². The summed E-state index contributed by atoms with van der Waals surface area (Å²) in [4.78, 5) is 12.0. The fraction of sp³-hybridized carbons (Fsp3) is 0.529. The molecule has 2 atom stereocenters. The lowest BCUT2D eigenvalue weighted by molar-refractivity contribution is -0.137. The van der Waals surface area contributed by atoms with E-state index in [4.69, 9.17) is 5.26 Å². The summed E-state index contributed by atoms with van der Waals surface area (Å²) >= 11 is 0. The highest BCUT2D eigenvalue weighted by molar-refractivity contribution is 7.91. The third-order valence-electron chi connectivity index (χ3n) is 4.56. The number of alkyl halides is 3. The summed E-state index contributed by atoms with van der Waals surface area (Å²) in [5.74, 6) is -1.59. The zero-order valence-electron chi connectivity index (χ0n) is 13.9. The number of carbonyl (C=O) groups excluding carboxylic acids is 1. The SMILES string of the molecule is N#CCNC(=O)[C@@H]1CCCC[C@H]1CS(=O)(=O)c1ccc(C(F)(F)F)cc1. The molecule has 26 heavy (non-hydrogen) atoms. The number of hydrogen-bond acceptors (Lipinski definition) is 4. The molecule has 0 unspecified atom stereocenters. The van der Waals surface area contributed by atoms with Gasteiger partial charge in [0.1, 0.15) is 6.54 Å². The van der Waals surface area contributed by atoms with Gasteiger partial charge in [0.25, 0.3) is 0 Å². The normalized spacial score (nSPS) is 21.0. The van der Waals surface area contributed by atoms with E-state index in [0.717, 1.165) is 37.1 Å². The smallest absolute Gasteiger partial charge is 0.343 e. The Morgan fingerprint density at radius 2 is 1.81 bits per heavy atom. The molecule has 5 nitrogen and oxygen atoms in total. The zero-order chi connectivity index (χ0) is 19.4. The number of nitrogens with zero attached hydrogens (tertiary/aromatic N) is 1. The lowest BCUT2D eigenvalue weighted by Gasteiger charge is -2.30. The molecule has 1 aromatic rings. The predicted molar refractivity (Wildman–Crippen MR) is 87.6 cm³/mol. The van der Waals surface area contributed by atoms with Gasteiger partial charge in [-0.05, 0) is 43.0 Å². The average molecular weight is 388 g/mol. The summed E-state index contributed by atoms with van der Waals surface area (Å²) in [5, 5.41) is 11.0. The van der Waals surface area contributed by atoms with Gasteiger partial charge in [-0.15, -0.1) is 0 Å². The van der Waals surface area contributed by atoms with Crippen LogP contribution in [-0.2, 0) is 20.8 Å². The number of halogens is 3. The van der Waals surface area contributed by atoms with Crippen molar-refractivity contribution in [1.29, 1.82) is 5.26 Å². The summed E-state index contributed by atoms with van der Waals surface area (Å²) in [6.07, 6.45) is -1.87. The zero-order valence-corrected chi connectivity index (χ0v) is 14.7. The third-order valence-corrected chi connectivity index (χ3v) is 6.42. The van der Waals surface area contributed by atoms with E-state index in [2.05, 4.69) is 5.32 Å². The Bertz CT molecular complexity index is 783. The number of amides is 1. The van der Waals surface area contributed by atoms with Crippen LogP contribution in [0.25, 0.3) is 0 Å². The van der Waals surface area contributed by atoms with E-state index in [1.807, 2.05) is 0 Å². The minimum absolute atomic E-state index is 0.145. The van der Waals surface area contributed by atoms with E-state index >= 15 is 0 Å². The van der Waals surface area contributed by atoms with Gasteiger partial charge in [0.2, 0.25) is 5.91 Å². The van der Waals surface area contributed by atoms with E-state index < -0.39 is 33.4 Å². The first-order chi connectivity index (χ1) is 12.1. The summed E-state index contributed by atoms with van der Waals surface area (Å²) in [6, 6.07) is 5.18. The van der Waals surface area contributed by atoms with Crippen molar-refractivity contribution in [2.75, 3.05) is 12.3 Å². The average Bonchev–Trinajstić information content (AvgIpc) is 2.59. The summed E-state index contributed by atoms with van der Waals surface area (Å²) in [6.45, 7) is -0.145. The van der Waals surface area contributed by atoms with Crippen molar-refractivity contribution in [1.82, 2.24) is 5.32 Å². The maximum atomic E-state index is 12.6. The lowest BCUT2D eigenvalue weighted by Crippen LogP contribution is -2.39. The van der Waals surface area contributed by atoms with Gasteiger partial charge in [0, 0.05) is 5.92 Å². The van der Waals surface area contributed by atoms with Crippen LogP contribution < -0.4 is 5.32 Å². The number of benzene rings is 1. The van der Waals surface area contributed by atoms with Crippen molar-refractivity contribution in [2.24, 2.45) is 11.8 Å². The number of sulfone groups is 1. The number of nitriles is 1. The molecular formula is C17H19F3N2O3S. The number of rotatable bonds is 5. The molecule has 1 aromatic carbocycles. The van der Waals surface area contributed by atoms with Crippen molar-refractivity contribution in [2.45, 2.75) is 36.8 Å². The van der Waals surface area contributed by atoms with E-state index in [9.17, 15) is 26.4 Å². The molecule has 2 rings (SSSR count). The molecule has 1 amide bonds. The highest BCUT2D eigenvalue weighted by Gasteiger charge is 2.35. The number of carbonyl (C=O) groups is 1. The second-order valence-electron chi connectivity index (χ2n) is 6.33. The van der Waals surface area contributed by atoms with E-state index in [-0.39, 0.29) is 23.1 Å². The molecule has 0 aliphatic heterocycles. The predicted octanol–water partition coefficient (Wildman–Crippen LogP) is 2.93. The Kier molecular flexibility index (Phi) is 6.29. The molecule has 0 aromatic heterocycles. The molecule has 1 saturated carbocycles. The second-order valence-corrected chi connectivity index (χ2v) is 8.36. The molecule has 9 heteroatoms. The van der Waals surface area contributed by atoms with Crippen molar-refractivity contribution in [3.05, 3.63) is 29.8 Å². The minimum atomic E-state index is -4.53. The van der Waals surface area contributed by atoms with Crippen molar-refractivity contribution in [3.63, 3.8) is 0 Å². The van der Waals surface area contributed by atoms with Gasteiger partial charge >= 0.3 is 6.18 Å². The van der Waals surface area contributed by atoms with Crippen LogP contribution in [0.2, 0.25) is 0 Å². The van der Waals surface area contributed by atoms with Crippen LogP contribution in [0, 0.1) is 23.2 Å². The van der Waals surface area contributed by atoms with Crippen molar-refractivity contribution in [3.8, 4) is 6.07 Å². The standard InChI is InChI=1S/C17H19F3N2O3S/c18-17(19,20)13-5-7-14(8-6-13)26(24,25)11-12-3-1-2-4-15(12)16(23)22-10-9-21/h5-8,12,15H,1-4,10-11H2,(H,22,23)/t12-,15+/m0/s1. The highest BCUT2D eigenvalue weighted by atomic mass is 32.2. The fourth-order valence-corrected chi connectivity index (χ4v) is 4.95. The van der Waals surface area contributed by atoms with E-state index in [1.165, 1.54) is 0 Å². The van der Waals surface area contributed by atoms with Gasteiger partial charge in [-0.1, -0.05) is 12.8 Å². The van der Waals surface area contributed by atoms with Crippen LogP contribution in [0.3, 0.4) is 0 Å². The van der Waals surface area contributed by atoms with Gasteiger partial charge in [-0.3, -0.25) is 4.79 Å². The number of hydrogen-bond donors (Lipinski definition) is 1. The molecule has 1 aliphatic rings. The first-order valence-corrected chi connectivity index (χ1v) is 9.85. The Morgan fingerprint density at radius 3 is 2.38 bits per heavy atom. The van der Waals surface area contributed by atoms with Gasteiger partial charge in [-0.25, -0.2) is 8.42 Å². The van der Waals surface area contributed by atoms with Crippen LogP contribution >= 0.6 is 0 Å². The molecule has 0 spiro atoms. The van der Waals surface area contributed by atoms with Crippen LogP contribution in [0.4, 0.5) is 13.2 Å². The topological polar surface area (TPSA) is 87.0 Å². The molecule has 0 bridgehead atoms. The molecule has 1 N–H and O–H groups in total.